The number of nitrogens with one attached hydrogen (secondary N) is 1. The minimum atomic E-state index is -0.505. The number of aromatic nitrogens is 2. The molecule has 6 nitrogen and oxygen atoms in total. The number of hydrogen-bond acceptors (Lipinski definition) is 5. The first-order valence-electron chi connectivity index (χ1n) is 8.80. The molecule has 1 fully saturated rings. The Morgan fingerprint density at radius 3 is 2.56 bits per heavy atom. The van der Waals surface area contributed by atoms with Gasteiger partial charge in [0, 0.05) is 31.9 Å². The maximum atomic E-state index is 13.6. The van der Waals surface area contributed by atoms with E-state index < -0.39 is 5.91 Å². The van der Waals surface area contributed by atoms with Crippen LogP contribution in [0.15, 0.2) is 30.5 Å². The number of primary amides is 1. The highest BCUT2D eigenvalue weighted by atomic mass is 35.5. The fourth-order valence-corrected chi connectivity index (χ4v) is 3.49. The molecule has 1 aliphatic rings. The summed E-state index contributed by atoms with van der Waals surface area (Å²) in [5, 5.41) is 3.38. The highest BCUT2D eigenvalue weighted by molar-refractivity contribution is 5.94. The molecule has 2 aromatic rings. The summed E-state index contributed by atoms with van der Waals surface area (Å²) in [6.07, 6.45) is 5.25. The second-order valence-electron chi connectivity index (χ2n) is 6.92. The lowest BCUT2D eigenvalue weighted by Gasteiger charge is -2.30. The summed E-state index contributed by atoms with van der Waals surface area (Å²) in [5.74, 6) is 0.763. The largest absolute Gasteiger partial charge is 0.366 e. The van der Waals surface area contributed by atoms with Gasteiger partial charge in [-0.1, -0.05) is 0 Å². The smallest absolute Gasteiger partial charge is 0.248 e. The van der Waals surface area contributed by atoms with Crippen LogP contribution >= 0.6 is 12.4 Å². The van der Waals surface area contributed by atoms with Crippen LogP contribution in [0.4, 0.5) is 16.2 Å². The molecule has 1 amide bonds. The van der Waals surface area contributed by atoms with Crippen molar-refractivity contribution in [1.82, 2.24) is 9.97 Å². The van der Waals surface area contributed by atoms with Crippen molar-refractivity contribution >= 4 is 30.1 Å². The second kappa shape index (κ2) is 8.99. The summed E-state index contributed by atoms with van der Waals surface area (Å²) in [7, 11) is 3.87. The quantitative estimate of drug-likeness (QED) is 0.813. The molecule has 1 heterocycles. The zero-order chi connectivity index (χ0) is 18.7. The Kier molecular flexibility index (Phi) is 6.96. The number of carbonyl (C=O) groups is 1. The van der Waals surface area contributed by atoms with E-state index in [2.05, 4.69) is 15.3 Å². The van der Waals surface area contributed by atoms with E-state index in [1.807, 2.05) is 25.1 Å². The SMILES string of the molecule is CN(C)c1ccnc(NC2CCC(c3cc(F)ccc3C(N)=O)CC2)n1.Cl. The van der Waals surface area contributed by atoms with E-state index in [4.69, 9.17) is 5.73 Å². The van der Waals surface area contributed by atoms with Crippen LogP contribution < -0.4 is 16.0 Å². The molecule has 27 heavy (non-hydrogen) atoms. The van der Waals surface area contributed by atoms with Gasteiger partial charge in [0.15, 0.2) is 0 Å². The highest BCUT2D eigenvalue weighted by Gasteiger charge is 2.26. The first-order chi connectivity index (χ1) is 12.4. The molecular formula is C19H25ClFN5O. The van der Waals surface area contributed by atoms with Crippen molar-refractivity contribution in [2.24, 2.45) is 5.73 Å². The van der Waals surface area contributed by atoms with Crippen molar-refractivity contribution in [2.75, 3.05) is 24.3 Å². The third kappa shape index (κ3) is 5.07. The monoisotopic (exact) mass is 393 g/mol. The van der Waals surface area contributed by atoms with Crippen molar-refractivity contribution < 1.29 is 9.18 Å². The van der Waals surface area contributed by atoms with Crippen LogP contribution in [-0.4, -0.2) is 36.0 Å². The van der Waals surface area contributed by atoms with Crippen molar-refractivity contribution in [3.8, 4) is 0 Å². The van der Waals surface area contributed by atoms with E-state index in [-0.39, 0.29) is 30.2 Å². The van der Waals surface area contributed by atoms with Crippen molar-refractivity contribution in [1.29, 1.82) is 0 Å². The van der Waals surface area contributed by atoms with Gasteiger partial charge in [-0.3, -0.25) is 4.79 Å². The van der Waals surface area contributed by atoms with E-state index in [0.29, 0.717) is 11.5 Å². The van der Waals surface area contributed by atoms with E-state index >= 15 is 0 Å². The van der Waals surface area contributed by atoms with Gasteiger partial charge >= 0.3 is 0 Å². The van der Waals surface area contributed by atoms with Gasteiger partial charge in [-0.25, -0.2) is 9.37 Å². The standard InChI is InChI=1S/C19H24FN5O.ClH/c1-25(2)17-9-10-22-19(24-17)23-14-6-3-12(4-7-14)16-11-13(20)5-8-15(16)18(21)26;/h5,8-12,14H,3-4,6-7H2,1-2H3,(H2,21,26)(H,22,23,24);1H. The summed E-state index contributed by atoms with van der Waals surface area (Å²) in [6.45, 7) is 0. The molecule has 1 aliphatic carbocycles. The van der Waals surface area contributed by atoms with E-state index in [1.54, 1.807) is 6.20 Å². The van der Waals surface area contributed by atoms with Crippen molar-refractivity contribution in [3.63, 3.8) is 0 Å². The van der Waals surface area contributed by atoms with Crippen LogP contribution in [0.5, 0.6) is 0 Å². The van der Waals surface area contributed by atoms with Crippen LogP contribution in [0.25, 0.3) is 0 Å². The Morgan fingerprint density at radius 1 is 1.22 bits per heavy atom. The van der Waals surface area contributed by atoms with Gasteiger partial charge in [0.2, 0.25) is 11.9 Å². The number of nitrogens with two attached hydrogens (primary N) is 1. The molecule has 0 unspecified atom stereocenters. The van der Waals surface area contributed by atoms with Gasteiger partial charge in [-0.2, -0.15) is 4.98 Å². The van der Waals surface area contributed by atoms with E-state index in [9.17, 15) is 9.18 Å². The first-order valence-corrected chi connectivity index (χ1v) is 8.80. The van der Waals surface area contributed by atoms with Gasteiger partial charge in [-0.05, 0) is 61.4 Å². The Labute approximate surface area is 164 Å². The fraction of sp³-hybridized carbons (Fsp3) is 0.421. The molecule has 0 aliphatic heterocycles. The third-order valence-electron chi connectivity index (χ3n) is 4.88. The van der Waals surface area contributed by atoms with Gasteiger partial charge < -0.3 is 16.0 Å². The Morgan fingerprint density at radius 2 is 1.93 bits per heavy atom. The third-order valence-corrected chi connectivity index (χ3v) is 4.88. The molecule has 146 valence electrons. The minimum Gasteiger partial charge on any atom is -0.366 e. The summed E-state index contributed by atoms with van der Waals surface area (Å²) < 4.78 is 13.6. The molecule has 1 saturated carbocycles. The van der Waals surface area contributed by atoms with E-state index in [0.717, 1.165) is 37.1 Å². The highest BCUT2D eigenvalue weighted by Crippen LogP contribution is 2.35. The molecule has 0 saturated heterocycles. The normalized spacial score (nSPS) is 19.1. The van der Waals surface area contributed by atoms with Crippen LogP contribution in [0.1, 0.15) is 47.5 Å². The number of carbonyl (C=O) groups excluding carboxylic acids is 1. The summed E-state index contributed by atoms with van der Waals surface area (Å²) >= 11 is 0. The lowest BCUT2D eigenvalue weighted by Crippen LogP contribution is -2.27. The number of nitrogens with zero attached hydrogens (tertiary/aromatic N) is 3. The molecular weight excluding hydrogens is 369 g/mol. The number of halogens is 2. The lowest BCUT2D eigenvalue weighted by atomic mass is 9.80. The predicted octanol–water partition coefficient (Wildman–Crippen LogP) is 3.34. The number of amides is 1. The summed E-state index contributed by atoms with van der Waals surface area (Å²) in [5.41, 5.74) is 6.59. The lowest BCUT2D eigenvalue weighted by molar-refractivity contribution is 0.0998. The van der Waals surface area contributed by atoms with Crippen LogP contribution in [0.2, 0.25) is 0 Å². The molecule has 0 spiro atoms. The van der Waals surface area contributed by atoms with Gasteiger partial charge in [0.25, 0.3) is 0 Å². The maximum Gasteiger partial charge on any atom is 0.248 e. The summed E-state index contributed by atoms with van der Waals surface area (Å²) in [6, 6.07) is 6.33. The zero-order valence-electron chi connectivity index (χ0n) is 15.5. The molecule has 8 heteroatoms. The molecule has 0 bridgehead atoms. The molecule has 1 aromatic heterocycles. The number of hydrogen-bond donors (Lipinski definition) is 2. The number of anilines is 2. The number of benzene rings is 1. The predicted molar refractivity (Wildman–Crippen MR) is 107 cm³/mol. The Hall–Kier alpha value is -2.41. The number of rotatable bonds is 5. The second-order valence-corrected chi connectivity index (χ2v) is 6.92. The maximum absolute atomic E-state index is 13.6. The Bertz CT molecular complexity index is 793. The van der Waals surface area contributed by atoms with Crippen molar-refractivity contribution in [3.05, 3.63) is 47.4 Å². The average molecular weight is 394 g/mol. The van der Waals surface area contributed by atoms with Crippen LogP contribution in [0.3, 0.4) is 0 Å². The first kappa shape index (κ1) is 20.9. The fourth-order valence-electron chi connectivity index (χ4n) is 3.49. The molecule has 0 atom stereocenters. The van der Waals surface area contributed by atoms with Crippen LogP contribution in [-0.2, 0) is 0 Å². The molecule has 3 rings (SSSR count). The molecule has 3 N–H and O–H groups in total. The molecule has 0 radical (unpaired) electrons. The zero-order valence-corrected chi connectivity index (χ0v) is 16.3. The van der Waals surface area contributed by atoms with Gasteiger partial charge in [0.05, 0.1) is 0 Å². The Balaban J connectivity index is 0.00000261. The topological polar surface area (TPSA) is 84.1 Å². The van der Waals surface area contributed by atoms with Gasteiger partial charge in [-0.15, -0.1) is 12.4 Å². The average Bonchev–Trinajstić information content (AvgIpc) is 2.62. The van der Waals surface area contributed by atoms with Gasteiger partial charge in [0.1, 0.15) is 11.6 Å². The minimum absolute atomic E-state index is 0. The van der Waals surface area contributed by atoms with E-state index in [1.165, 1.54) is 18.2 Å². The van der Waals surface area contributed by atoms with Crippen LogP contribution in [0, 0.1) is 5.82 Å². The molecule has 1 aromatic carbocycles. The summed E-state index contributed by atoms with van der Waals surface area (Å²) in [4.78, 5) is 22.3. The van der Waals surface area contributed by atoms with Crippen molar-refractivity contribution in [2.45, 2.75) is 37.6 Å².